The summed E-state index contributed by atoms with van der Waals surface area (Å²) in [5.41, 5.74) is 2.62. The second-order valence-corrected chi connectivity index (χ2v) is 4.84. The van der Waals surface area contributed by atoms with Crippen LogP contribution < -0.4 is 0 Å². The van der Waals surface area contributed by atoms with Crippen LogP contribution in [0.2, 0.25) is 0 Å². The quantitative estimate of drug-likeness (QED) is 0.723. The summed E-state index contributed by atoms with van der Waals surface area (Å²) in [4.78, 5) is 26.1. The fourth-order valence-corrected chi connectivity index (χ4v) is 2.24. The number of carbonyl (C=O) groups excluding carboxylic acids is 1. The molecule has 1 N–H and O–H groups in total. The van der Waals surface area contributed by atoms with Crippen LogP contribution in [0.1, 0.15) is 26.4 Å². The number of aromatic nitrogens is 4. The van der Waals surface area contributed by atoms with Gasteiger partial charge in [0.15, 0.2) is 12.0 Å². The SMILES string of the molecule is O=Cc1nnn(Cc2ccc(C(=O)O)cc2)c1-c1cccnc1. The van der Waals surface area contributed by atoms with Crippen molar-refractivity contribution < 1.29 is 14.7 Å². The highest BCUT2D eigenvalue weighted by Gasteiger charge is 2.15. The third kappa shape index (κ3) is 2.98. The van der Waals surface area contributed by atoms with Crippen molar-refractivity contribution in [3.8, 4) is 11.3 Å². The van der Waals surface area contributed by atoms with Crippen molar-refractivity contribution in [2.45, 2.75) is 6.54 Å². The van der Waals surface area contributed by atoms with E-state index in [2.05, 4.69) is 15.3 Å². The lowest BCUT2D eigenvalue weighted by Gasteiger charge is -2.07. The molecule has 1 aromatic carbocycles. The van der Waals surface area contributed by atoms with Gasteiger partial charge in [-0.05, 0) is 29.8 Å². The van der Waals surface area contributed by atoms with Crippen molar-refractivity contribution in [2.24, 2.45) is 0 Å². The Balaban J connectivity index is 1.96. The number of aromatic carboxylic acids is 1. The summed E-state index contributed by atoms with van der Waals surface area (Å²) in [6.07, 6.45) is 3.93. The average Bonchev–Trinajstić information content (AvgIpc) is 2.99. The minimum absolute atomic E-state index is 0.216. The zero-order chi connectivity index (χ0) is 16.2. The predicted molar refractivity (Wildman–Crippen MR) is 81.1 cm³/mol. The van der Waals surface area contributed by atoms with Crippen LogP contribution in [0.15, 0.2) is 48.8 Å². The topological polar surface area (TPSA) is 98.0 Å². The molecule has 114 valence electrons. The Bertz CT molecular complexity index is 842. The normalized spacial score (nSPS) is 10.4. The van der Waals surface area contributed by atoms with Gasteiger partial charge >= 0.3 is 5.97 Å². The van der Waals surface area contributed by atoms with Crippen molar-refractivity contribution in [2.75, 3.05) is 0 Å². The maximum absolute atomic E-state index is 11.2. The lowest BCUT2D eigenvalue weighted by Crippen LogP contribution is -2.05. The highest BCUT2D eigenvalue weighted by molar-refractivity contribution is 5.87. The van der Waals surface area contributed by atoms with Crippen molar-refractivity contribution in [3.63, 3.8) is 0 Å². The van der Waals surface area contributed by atoms with E-state index in [0.29, 0.717) is 18.5 Å². The van der Waals surface area contributed by atoms with Gasteiger partial charge in [-0.25, -0.2) is 9.48 Å². The molecule has 7 heteroatoms. The molecule has 2 aromatic heterocycles. The van der Waals surface area contributed by atoms with Gasteiger partial charge in [-0.2, -0.15) is 0 Å². The van der Waals surface area contributed by atoms with Crippen molar-refractivity contribution in [1.29, 1.82) is 0 Å². The lowest BCUT2D eigenvalue weighted by molar-refractivity contribution is 0.0696. The lowest BCUT2D eigenvalue weighted by atomic mass is 10.1. The highest BCUT2D eigenvalue weighted by Crippen LogP contribution is 2.21. The second kappa shape index (κ2) is 6.18. The third-order valence-electron chi connectivity index (χ3n) is 3.34. The Morgan fingerprint density at radius 3 is 2.61 bits per heavy atom. The fraction of sp³-hybridized carbons (Fsp3) is 0.0625. The Hall–Kier alpha value is -3.35. The molecule has 2 heterocycles. The zero-order valence-corrected chi connectivity index (χ0v) is 12.0. The average molecular weight is 308 g/mol. The number of benzene rings is 1. The van der Waals surface area contributed by atoms with E-state index in [1.54, 1.807) is 35.3 Å². The van der Waals surface area contributed by atoms with Gasteiger partial charge in [-0.15, -0.1) is 5.10 Å². The first-order valence-electron chi connectivity index (χ1n) is 6.80. The van der Waals surface area contributed by atoms with Crippen LogP contribution >= 0.6 is 0 Å². The Morgan fingerprint density at radius 1 is 1.22 bits per heavy atom. The molecular formula is C16H12N4O3. The van der Waals surface area contributed by atoms with Crippen molar-refractivity contribution >= 4 is 12.3 Å². The number of rotatable bonds is 5. The minimum atomic E-state index is -0.975. The Labute approximate surface area is 131 Å². The van der Waals surface area contributed by atoms with Crippen molar-refractivity contribution in [3.05, 3.63) is 65.6 Å². The standard InChI is InChI=1S/C16H12N4O3/c21-10-14-15(13-2-1-7-17-8-13)20(19-18-14)9-11-3-5-12(6-4-11)16(22)23/h1-8,10H,9H2,(H,22,23). The molecule has 0 unspecified atom stereocenters. The molecule has 0 amide bonds. The number of carboxylic acid groups (broad SMARTS) is 1. The molecule has 23 heavy (non-hydrogen) atoms. The van der Waals surface area contributed by atoms with E-state index in [9.17, 15) is 9.59 Å². The van der Waals surface area contributed by atoms with Crippen LogP contribution in [0, 0.1) is 0 Å². The number of carbonyl (C=O) groups is 2. The number of nitrogens with zero attached hydrogens (tertiary/aromatic N) is 4. The van der Waals surface area contributed by atoms with Gasteiger partial charge < -0.3 is 5.11 Å². The summed E-state index contributed by atoms with van der Waals surface area (Å²) < 4.78 is 1.59. The number of carboxylic acids is 1. The molecule has 3 aromatic rings. The molecule has 0 radical (unpaired) electrons. The van der Waals surface area contributed by atoms with Gasteiger partial charge in [0, 0.05) is 18.0 Å². The van der Waals surface area contributed by atoms with Crippen LogP contribution in [0.4, 0.5) is 0 Å². The first-order chi connectivity index (χ1) is 11.2. The van der Waals surface area contributed by atoms with E-state index in [-0.39, 0.29) is 11.3 Å². The van der Waals surface area contributed by atoms with Gasteiger partial charge in [0.05, 0.1) is 12.1 Å². The maximum atomic E-state index is 11.2. The van der Waals surface area contributed by atoms with E-state index in [1.165, 1.54) is 12.1 Å². The molecule has 0 saturated heterocycles. The Kier molecular flexibility index (Phi) is 3.92. The maximum Gasteiger partial charge on any atom is 0.335 e. The molecule has 0 fully saturated rings. The smallest absolute Gasteiger partial charge is 0.335 e. The van der Waals surface area contributed by atoms with E-state index in [4.69, 9.17) is 5.11 Å². The molecular weight excluding hydrogens is 296 g/mol. The predicted octanol–water partition coefficient (Wildman–Crippen LogP) is 1.90. The molecule has 0 aliphatic carbocycles. The molecule has 0 spiro atoms. The van der Waals surface area contributed by atoms with E-state index >= 15 is 0 Å². The number of pyridine rings is 1. The number of hydrogen-bond donors (Lipinski definition) is 1. The van der Waals surface area contributed by atoms with Gasteiger partial charge in [-0.1, -0.05) is 17.3 Å². The molecule has 0 aliphatic rings. The van der Waals surface area contributed by atoms with Crippen LogP contribution in [-0.2, 0) is 6.54 Å². The summed E-state index contributed by atoms with van der Waals surface area (Å²) in [5, 5.41) is 16.8. The molecule has 0 bridgehead atoms. The largest absolute Gasteiger partial charge is 0.478 e. The number of hydrogen-bond acceptors (Lipinski definition) is 5. The van der Waals surface area contributed by atoms with Gasteiger partial charge in [0.25, 0.3) is 0 Å². The zero-order valence-electron chi connectivity index (χ0n) is 12.0. The minimum Gasteiger partial charge on any atom is -0.478 e. The monoisotopic (exact) mass is 308 g/mol. The summed E-state index contributed by atoms with van der Waals surface area (Å²) in [6.45, 7) is 0.366. The van der Waals surface area contributed by atoms with Gasteiger partial charge in [0.2, 0.25) is 0 Å². The fourth-order valence-electron chi connectivity index (χ4n) is 2.24. The van der Waals surface area contributed by atoms with Crippen LogP contribution in [-0.4, -0.2) is 37.3 Å². The van der Waals surface area contributed by atoms with Gasteiger partial charge in [0.1, 0.15) is 5.69 Å². The second-order valence-electron chi connectivity index (χ2n) is 4.84. The summed E-state index contributed by atoms with van der Waals surface area (Å²) in [5.74, 6) is -0.975. The van der Waals surface area contributed by atoms with Crippen molar-refractivity contribution in [1.82, 2.24) is 20.0 Å². The third-order valence-corrected chi connectivity index (χ3v) is 3.34. The molecule has 0 atom stereocenters. The Morgan fingerprint density at radius 2 is 2.00 bits per heavy atom. The summed E-state index contributed by atoms with van der Waals surface area (Å²) in [7, 11) is 0. The van der Waals surface area contributed by atoms with Crippen LogP contribution in [0.25, 0.3) is 11.3 Å². The van der Waals surface area contributed by atoms with Gasteiger partial charge in [-0.3, -0.25) is 9.78 Å². The molecule has 7 nitrogen and oxygen atoms in total. The van der Waals surface area contributed by atoms with Crippen LogP contribution in [0.5, 0.6) is 0 Å². The van der Waals surface area contributed by atoms with E-state index < -0.39 is 5.97 Å². The molecule has 3 rings (SSSR count). The summed E-state index contributed by atoms with van der Waals surface area (Å²) >= 11 is 0. The highest BCUT2D eigenvalue weighted by atomic mass is 16.4. The molecule has 0 saturated carbocycles. The molecule has 0 aliphatic heterocycles. The van der Waals surface area contributed by atoms with E-state index in [1.807, 2.05) is 6.07 Å². The first-order valence-corrected chi connectivity index (χ1v) is 6.80. The first kappa shape index (κ1) is 14.6. The summed E-state index contributed by atoms with van der Waals surface area (Å²) in [6, 6.07) is 10.1. The van der Waals surface area contributed by atoms with E-state index in [0.717, 1.165) is 11.1 Å². The van der Waals surface area contributed by atoms with Crippen LogP contribution in [0.3, 0.4) is 0 Å². The number of aldehydes is 1.